The minimum Gasteiger partial charge on any atom is -0.345 e. The first-order valence-electron chi connectivity index (χ1n) is 4.48. The molecule has 0 radical (unpaired) electrons. The van der Waals surface area contributed by atoms with E-state index in [0.717, 1.165) is 15.1 Å². The zero-order chi connectivity index (χ0) is 9.56. The average Bonchev–Trinajstić information content (AvgIpc) is 1.96. The Hall–Kier alpha value is 0.440. The highest BCUT2D eigenvalue weighted by molar-refractivity contribution is 7.19. The molecule has 0 aliphatic carbocycles. The van der Waals surface area contributed by atoms with E-state index in [9.17, 15) is 0 Å². The van der Waals surface area contributed by atoms with Gasteiger partial charge in [-0.15, -0.1) is 0 Å². The Bertz CT molecular complexity index is 101. The minimum atomic E-state index is 0.548. The summed E-state index contributed by atoms with van der Waals surface area (Å²) in [6, 6.07) is 1.10. The zero-order valence-corrected chi connectivity index (χ0v) is 9.75. The Morgan fingerprint density at radius 1 is 1.00 bits per heavy atom. The van der Waals surface area contributed by atoms with Crippen molar-refractivity contribution in [3.05, 3.63) is 0 Å². The normalized spacial score (nSPS) is 11.3. The van der Waals surface area contributed by atoms with Gasteiger partial charge >= 0.3 is 0 Å². The summed E-state index contributed by atoms with van der Waals surface area (Å²) in [5, 5.41) is 6.67. The molecule has 0 amide bonds. The molecule has 0 aromatic carbocycles. The van der Waals surface area contributed by atoms with Gasteiger partial charge in [0.2, 0.25) is 0 Å². The van der Waals surface area contributed by atoms with Crippen molar-refractivity contribution in [2.24, 2.45) is 0 Å². The molecule has 0 saturated heterocycles. The minimum absolute atomic E-state index is 0.548. The monoisotopic (exact) mass is 187 g/mol. The fourth-order valence-electron chi connectivity index (χ4n) is 0.656. The smallest absolute Gasteiger partial charge is 0.281 e. The molecule has 0 bridgehead atoms. The van der Waals surface area contributed by atoms with Gasteiger partial charge in [-0.25, -0.2) is 0 Å². The maximum atomic E-state index is 3.33. The molecule has 12 heavy (non-hydrogen) atoms. The van der Waals surface area contributed by atoms with Crippen LogP contribution in [0.15, 0.2) is 0 Å². The second-order valence-electron chi connectivity index (χ2n) is 3.62. The van der Waals surface area contributed by atoms with E-state index in [2.05, 4.69) is 52.0 Å². The van der Waals surface area contributed by atoms with Crippen LogP contribution < -0.4 is 10.5 Å². The average molecular weight is 187 g/mol. The Morgan fingerprint density at radius 3 is 1.58 bits per heavy atom. The van der Waals surface area contributed by atoms with Gasteiger partial charge in [0.15, 0.2) is 0 Å². The van der Waals surface area contributed by atoms with Gasteiger partial charge in [0, 0.05) is 0 Å². The van der Waals surface area contributed by atoms with Crippen molar-refractivity contribution in [1.29, 1.82) is 0 Å². The lowest BCUT2D eigenvalue weighted by atomic mass is 9.98. The molecule has 0 aromatic heterocycles. The topological polar surface area (TPSA) is 27.3 Å². The van der Waals surface area contributed by atoms with Crippen LogP contribution in [0, 0.1) is 0 Å². The maximum Gasteiger partial charge on any atom is 0.281 e. The van der Waals surface area contributed by atoms with Crippen molar-refractivity contribution >= 4 is 24.5 Å². The highest BCUT2D eigenvalue weighted by atomic mass is 31.0. The van der Waals surface area contributed by atoms with Crippen LogP contribution >= 0.6 is 9.39 Å². The molecule has 0 spiro atoms. The van der Waals surface area contributed by atoms with Gasteiger partial charge in [-0.05, 0) is 12.1 Å². The molecule has 6 heteroatoms. The lowest BCUT2D eigenvalue weighted by Gasteiger charge is -2.18. The largest absolute Gasteiger partial charge is 0.345 e. The van der Waals surface area contributed by atoms with Crippen molar-refractivity contribution in [2.45, 2.75) is 39.8 Å². The van der Waals surface area contributed by atoms with Gasteiger partial charge in [-0.1, -0.05) is 37.1 Å². The third-order valence-corrected chi connectivity index (χ3v) is 1.77. The van der Waals surface area contributed by atoms with Crippen LogP contribution in [0.2, 0.25) is 0 Å². The Balaban J connectivity index is 3.27. The van der Waals surface area contributed by atoms with E-state index in [-0.39, 0.29) is 0 Å². The molecule has 3 nitrogen and oxygen atoms in total. The van der Waals surface area contributed by atoms with Crippen LogP contribution in [0.5, 0.6) is 0 Å². The highest BCUT2D eigenvalue weighted by Gasteiger charge is 2.04. The van der Waals surface area contributed by atoms with E-state index in [0.29, 0.717) is 12.1 Å². The predicted octanol–water partition coefficient (Wildman–Crippen LogP) is -0.393. The van der Waals surface area contributed by atoms with E-state index in [1.807, 2.05) is 0 Å². The molecule has 1 unspecified atom stereocenters. The summed E-state index contributed by atoms with van der Waals surface area (Å²) in [4.78, 5) is 0. The Kier molecular flexibility index (Phi) is 7.16. The summed E-state index contributed by atoms with van der Waals surface area (Å²) >= 11 is 0. The molecule has 0 aromatic rings. The zero-order valence-electron chi connectivity index (χ0n) is 8.59. The Morgan fingerprint density at radius 2 is 1.33 bits per heavy atom. The van der Waals surface area contributed by atoms with E-state index >= 15 is 0 Å². The molecule has 0 aliphatic rings. The van der Waals surface area contributed by atoms with Gasteiger partial charge < -0.3 is 14.9 Å². The van der Waals surface area contributed by atoms with E-state index in [1.54, 1.807) is 0 Å². The van der Waals surface area contributed by atoms with Crippen LogP contribution in [0.3, 0.4) is 0 Å². The van der Waals surface area contributed by atoms with Crippen molar-refractivity contribution in [3.63, 3.8) is 0 Å². The van der Waals surface area contributed by atoms with E-state index in [1.165, 1.54) is 0 Å². The molecule has 70 valence electrons. The summed E-state index contributed by atoms with van der Waals surface area (Å²) in [5.41, 5.74) is 0. The van der Waals surface area contributed by atoms with Crippen molar-refractivity contribution < 1.29 is 0 Å². The SMILES string of the molecule is CC(C)NBN(P)BNC(C)C. The molecule has 0 saturated carbocycles. The second-order valence-corrected chi connectivity index (χ2v) is 4.35. The first-order valence-corrected chi connectivity index (χ1v) is 5.00. The molecule has 2 N–H and O–H groups in total. The number of hydrogen-bond donors (Lipinski definition) is 2. The summed E-state index contributed by atoms with van der Waals surface area (Å²) in [6.45, 7) is 8.59. The molecule has 1 atom stereocenters. The second kappa shape index (κ2) is 6.90. The molecule has 0 heterocycles. The first-order chi connectivity index (χ1) is 5.52. The van der Waals surface area contributed by atoms with Crippen molar-refractivity contribution in [1.82, 2.24) is 14.9 Å². The molecule has 0 rings (SSSR count). The maximum absolute atomic E-state index is 3.33. The van der Waals surface area contributed by atoms with Crippen molar-refractivity contribution in [3.8, 4) is 0 Å². The van der Waals surface area contributed by atoms with E-state index in [4.69, 9.17) is 0 Å². The third kappa shape index (κ3) is 8.54. The van der Waals surface area contributed by atoms with Gasteiger partial charge in [0.1, 0.15) is 0 Å². The number of rotatable bonds is 6. The van der Waals surface area contributed by atoms with E-state index < -0.39 is 0 Å². The van der Waals surface area contributed by atoms with Gasteiger partial charge in [-0.3, -0.25) is 0 Å². The lowest BCUT2D eigenvalue weighted by molar-refractivity contribution is 0.718. The van der Waals surface area contributed by atoms with Crippen LogP contribution in [0.25, 0.3) is 0 Å². The molecule has 0 aliphatic heterocycles. The van der Waals surface area contributed by atoms with Crippen LogP contribution in [0.4, 0.5) is 0 Å². The quantitative estimate of drug-likeness (QED) is 0.437. The van der Waals surface area contributed by atoms with Gasteiger partial charge in [-0.2, -0.15) is 0 Å². The predicted molar refractivity (Wildman–Crippen MR) is 62.4 cm³/mol. The van der Waals surface area contributed by atoms with Gasteiger partial charge in [0.05, 0.1) is 0 Å². The van der Waals surface area contributed by atoms with Crippen LogP contribution in [-0.2, 0) is 0 Å². The molecule has 0 fully saturated rings. The fraction of sp³-hybridized carbons (Fsp3) is 1.00. The summed E-state index contributed by atoms with van der Waals surface area (Å²) in [6.07, 6.45) is 0. The highest BCUT2D eigenvalue weighted by Crippen LogP contribution is 1.90. The number of nitrogens with zero attached hydrogens (tertiary/aromatic N) is 1. The van der Waals surface area contributed by atoms with Gasteiger partial charge in [0.25, 0.3) is 15.1 Å². The summed E-state index contributed by atoms with van der Waals surface area (Å²) < 4.78 is 2.14. The summed E-state index contributed by atoms with van der Waals surface area (Å²) in [7, 11) is 4.51. The molecular formula is C6H20B2N3P. The summed E-state index contributed by atoms with van der Waals surface area (Å²) in [5.74, 6) is 0. The number of hydrogen-bond acceptors (Lipinski definition) is 3. The Labute approximate surface area is 79.9 Å². The van der Waals surface area contributed by atoms with Crippen molar-refractivity contribution in [2.75, 3.05) is 0 Å². The fourth-order valence-corrected chi connectivity index (χ4v) is 0.866. The first kappa shape index (κ1) is 12.4. The van der Waals surface area contributed by atoms with Crippen LogP contribution in [-0.4, -0.2) is 31.7 Å². The molecular weight excluding hydrogens is 167 g/mol. The van der Waals surface area contributed by atoms with Crippen LogP contribution in [0.1, 0.15) is 27.7 Å². The standard InChI is InChI=1S/C6H20B2N3P/c1-5(2)9-7-11(12)8-10-6(3)4/h5-10H,12H2,1-4H3. The lowest BCUT2D eigenvalue weighted by Crippen LogP contribution is -2.44. The third-order valence-electron chi connectivity index (χ3n) is 1.41. The number of nitrogens with one attached hydrogen (secondary N) is 2.